The molecule has 0 amide bonds. The largest absolute Gasteiger partial charge is 0.476 e. The number of nitrogens with zero attached hydrogens (tertiary/aromatic N) is 3. The quantitative estimate of drug-likeness (QED) is 0.805. The molecule has 0 saturated heterocycles. The van der Waals surface area contributed by atoms with Gasteiger partial charge in [0.25, 0.3) is 0 Å². The van der Waals surface area contributed by atoms with E-state index in [2.05, 4.69) is 20.4 Å². The molecule has 0 spiro atoms. The fourth-order valence-electron chi connectivity index (χ4n) is 1.41. The number of hydrogen-bond acceptors (Lipinski definition) is 6. The minimum Gasteiger partial charge on any atom is -0.476 e. The van der Waals surface area contributed by atoms with Crippen molar-refractivity contribution in [1.82, 2.24) is 20.4 Å². The van der Waals surface area contributed by atoms with Crippen LogP contribution in [0.3, 0.4) is 0 Å². The van der Waals surface area contributed by atoms with Gasteiger partial charge in [0.05, 0.1) is 12.2 Å². The van der Waals surface area contributed by atoms with Crippen molar-refractivity contribution in [2.24, 2.45) is 0 Å². The van der Waals surface area contributed by atoms with Crippen LogP contribution in [0.4, 0.5) is 0 Å². The molecule has 18 heavy (non-hydrogen) atoms. The molecule has 2 heterocycles. The molecular formula is C11H12N4O3. The lowest BCUT2D eigenvalue weighted by Gasteiger charge is -2.01. The average Bonchev–Trinajstić information content (AvgIpc) is 2.78. The zero-order valence-electron chi connectivity index (χ0n) is 9.75. The van der Waals surface area contributed by atoms with Gasteiger partial charge in [-0.15, -0.1) is 0 Å². The van der Waals surface area contributed by atoms with Crippen LogP contribution in [0, 0.1) is 6.92 Å². The van der Waals surface area contributed by atoms with Gasteiger partial charge in [-0.3, -0.25) is 0 Å². The highest BCUT2D eigenvalue weighted by atomic mass is 16.5. The summed E-state index contributed by atoms with van der Waals surface area (Å²) in [5.41, 5.74) is 0.769. The molecule has 0 aliphatic heterocycles. The zero-order chi connectivity index (χ0) is 13.0. The van der Waals surface area contributed by atoms with Gasteiger partial charge in [0.15, 0.2) is 11.5 Å². The highest BCUT2D eigenvalue weighted by Gasteiger charge is 2.10. The summed E-state index contributed by atoms with van der Waals surface area (Å²) in [6.45, 7) is 2.76. The molecule has 0 unspecified atom stereocenters. The third-order valence-corrected chi connectivity index (χ3v) is 2.22. The van der Waals surface area contributed by atoms with E-state index in [9.17, 15) is 4.79 Å². The Morgan fingerprint density at radius 2 is 2.33 bits per heavy atom. The molecule has 0 radical (unpaired) electrons. The molecule has 7 heteroatoms. The Hall–Kier alpha value is -2.28. The van der Waals surface area contributed by atoms with E-state index in [1.807, 2.05) is 13.0 Å². The summed E-state index contributed by atoms with van der Waals surface area (Å²) in [5, 5.41) is 15.2. The monoisotopic (exact) mass is 248 g/mol. The summed E-state index contributed by atoms with van der Waals surface area (Å²) in [7, 11) is 0. The highest BCUT2D eigenvalue weighted by Crippen LogP contribution is 2.03. The lowest BCUT2D eigenvalue weighted by atomic mass is 10.3. The molecule has 0 aliphatic rings. The van der Waals surface area contributed by atoms with E-state index < -0.39 is 5.97 Å². The lowest BCUT2D eigenvalue weighted by Crippen LogP contribution is -2.13. The summed E-state index contributed by atoms with van der Waals surface area (Å²) in [4.78, 5) is 18.8. The van der Waals surface area contributed by atoms with Crippen molar-refractivity contribution in [3.8, 4) is 0 Å². The van der Waals surface area contributed by atoms with Crippen molar-refractivity contribution in [2.75, 3.05) is 0 Å². The van der Waals surface area contributed by atoms with Crippen LogP contribution in [-0.2, 0) is 13.1 Å². The number of carbonyl (C=O) groups is 1. The van der Waals surface area contributed by atoms with Crippen molar-refractivity contribution in [3.05, 3.63) is 41.3 Å². The molecule has 7 nitrogen and oxygen atoms in total. The highest BCUT2D eigenvalue weighted by molar-refractivity contribution is 5.85. The predicted molar refractivity (Wildman–Crippen MR) is 60.8 cm³/mol. The van der Waals surface area contributed by atoms with Gasteiger partial charge in [-0.1, -0.05) is 5.16 Å². The molecule has 94 valence electrons. The van der Waals surface area contributed by atoms with Gasteiger partial charge in [0.1, 0.15) is 5.82 Å². The van der Waals surface area contributed by atoms with Crippen molar-refractivity contribution >= 4 is 5.97 Å². The van der Waals surface area contributed by atoms with E-state index in [1.165, 1.54) is 6.07 Å². The van der Waals surface area contributed by atoms with Gasteiger partial charge in [0, 0.05) is 18.8 Å². The van der Waals surface area contributed by atoms with Crippen molar-refractivity contribution in [3.63, 3.8) is 0 Å². The van der Waals surface area contributed by atoms with Gasteiger partial charge >= 0.3 is 5.97 Å². The van der Waals surface area contributed by atoms with Gasteiger partial charge in [0.2, 0.25) is 0 Å². The van der Waals surface area contributed by atoms with E-state index in [1.54, 1.807) is 6.20 Å². The van der Waals surface area contributed by atoms with Gasteiger partial charge in [-0.25, -0.2) is 14.8 Å². The van der Waals surface area contributed by atoms with Gasteiger partial charge in [-0.05, 0) is 13.0 Å². The van der Waals surface area contributed by atoms with Crippen molar-refractivity contribution in [2.45, 2.75) is 20.0 Å². The molecule has 0 aliphatic carbocycles. The number of aryl methyl sites for hydroxylation is 1. The summed E-state index contributed by atoms with van der Waals surface area (Å²) in [5.74, 6) is 0.0803. The Labute approximate surface area is 103 Å². The maximum Gasteiger partial charge on any atom is 0.358 e. The third-order valence-electron chi connectivity index (χ3n) is 2.22. The molecule has 2 aromatic heterocycles. The van der Waals surface area contributed by atoms with Gasteiger partial charge in [-0.2, -0.15) is 0 Å². The first-order valence-electron chi connectivity index (χ1n) is 5.33. The van der Waals surface area contributed by atoms with E-state index >= 15 is 0 Å². The zero-order valence-corrected chi connectivity index (χ0v) is 9.75. The normalized spacial score (nSPS) is 10.5. The van der Waals surface area contributed by atoms with Gasteiger partial charge < -0.3 is 14.9 Å². The SMILES string of the molecule is Cc1nccc(CNCc2cc(C(=O)O)no2)n1. The lowest BCUT2D eigenvalue weighted by molar-refractivity contribution is 0.0685. The number of carboxylic acid groups (broad SMARTS) is 1. The standard InChI is InChI=1S/C11H12N4O3/c1-7-13-3-2-8(14-7)5-12-6-9-4-10(11(16)17)15-18-9/h2-4,12H,5-6H2,1H3,(H,16,17). The van der Waals surface area contributed by atoms with Crippen LogP contribution >= 0.6 is 0 Å². The second-order valence-electron chi connectivity index (χ2n) is 3.68. The van der Waals surface area contributed by atoms with E-state index in [0.717, 1.165) is 5.69 Å². The van der Waals surface area contributed by atoms with Crippen LogP contribution in [0.25, 0.3) is 0 Å². The van der Waals surface area contributed by atoms with Crippen LogP contribution in [0.2, 0.25) is 0 Å². The smallest absolute Gasteiger partial charge is 0.358 e. The first kappa shape index (κ1) is 12.2. The van der Waals surface area contributed by atoms with Crippen LogP contribution in [0.5, 0.6) is 0 Å². The van der Waals surface area contributed by atoms with Crippen LogP contribution in [-0.4, -0.2) is 26.2 Å². The Kier molecular flexibility index (Phi) is 3.63. The molecule has 0 atom stereocenters. The maximum atomic E-state index is 10.6. The summed E-state index contributed by atoms with van der Waals surface area (Å²) in [6.07, 6.45) is 1.69. The minimum atomic E-state index is -1.10. The molecule has 2 aromatic rings. The third kappa shape index (κ3) is 3.11. The van der Waals surface area contributed by atoms with E-state index in [-0.39, 0.29) is 5.69 Å². The molecule has 2 N–H and O–H groups in total. The Bertz CT molecular complexity index is 553. The number of nitrogens with one attached hydrogen (secondary N) is 1. The molecular weight excluding hydrogens is 236 g/mol. The number of hydrogen-bond donors (Lipinski definition) is 2. The number of rotatable bonds is 5. The number of aromatic carboxylic acids is 1. The second kappa shape index (κ2) is 5.37. The van der Waals surface area contributed by atoms with Crippen molar-refractivity contribution in [1.29, 1.82) is 0 Å². The van der Waals surface area contributed by atoms with Crippen molar-refractivity contribution < 1.29 is 14.4 Å². The Balaban J connectivity index is 1.86. The fraction of sp³-hybridized carbons (Fsp3) is 0.273. The molecule has 0 bridgehead atoms. The summed E-state index contributed by atoms with van der Waals surface area (Å²) < 4.78 is 4.86. The molecule has 2 rings (SSSR count). The number of aromatic nitrogens is 3. The molecule has 0 saturated carbocycles. The predicted octanol–water partition coefficient (Wildman–Crippen LogP) is 0.761. The number of carboxylic acids is 1. The second-order valence-corrected chi connectivity index (χ2v) is 3.68. The van der Waals surface area contributed by atoms with Crippen LogP contribution in [0.15, 0.2) is 22.9 Å². The molecule has 0 aromatic carbocycles. The van der Waals surface area contributed by atoms with E-state index in [0.29, 0.717) is 24.7 Å². The molecule has 0 fully saturated rings. The van der Waals surface area contributed by atoms with E-state index in [4.69, 9.17) is 9.63 Å². The summed E-state index contributed by atoms with van der Waals surface area (Å²) in [6, 6.07) is 3.20. The Morgan fingerprint density at radius 3 is 3.00 bits per heavy atom. The first-order valence-corrected chi connectivity index (χ1v) is 5.33. The topological polar surface area (TPSA) is 101 Å². The maximum absolute atomic E-state index is 10.6. The minimum absolute atomic E-state index is 0.0929. The first-order chi connectivity index (χ1) is 8.65. The summed E-state index contributed by atoms with van der Waals surface area (Å²) >= 11 is 0. The van der Waals surface area contributed by atoms with Crippen LogP contribution in [0.1, 0.15) is 27.8 Å². The fourth-order valence-corrected chi connectivity index (χ4v) is 1.41. The average molecular weight is 248 g/mol. The van der Waals surface area contributed by atoms with Crippen LogP contribution < -0.4 is 5.32 Å². The Morgan fingerprint density at radius 1 is 1.50 bits per heavy atom.